The summed E-state index contributed by atoms with van der Waals surface area (Å²) in [7, 11) is 0. The lowest BCUT2D eigenvalue weighted by molar-refractivity contribution is 0.618. The molecule has 0 saturated heterocycles. The highest BCUT2D eigenvalue weighted by molar-refractivity contribution is 5.69. The molecule has 2 aromatic rings. The van der Waals surface area contributed by atoms with Crippen LogP contribution in [0.25, 0.3) is 11.1 Å². The van der Waals surface area contributed by atoms with E-state index in [0.29, 0.717) is 16.7 Å². The molecule has 0 N–H and O–H groups in total. The van der Waals surface area contributed by atoms with Gasteiger partial charge in [0.25, 0.3) is 0 Å². The average molecular weight is 232 g/mol. The Bertz CT molecular complexity index is 571. The Kier molecular flexibility index (Phi) is 2.97. The van der Waals surface area contributed by atoms with Crippen molar-refractivity contribution < 1.29 is 8.78 Å². The minimum atomic E-state index is -0.343. The number of halogens is 2. The molecule has 0 fully saturated rings. The molecule has 0 aliphatic heterocycles. The molecule has 0 amide bonds. The van der Waals surface area contributed by atoms with Gasteiger partial charge in [0.15, 0.2) is 0 Å². The first kappa shape index (κ1) is 11.8. The Morgan fingerprint density at radius 3 is 2.18 bits per heavy atom. The lowest BCUT2D eigenvalue weighted by Gasteiger charge is -2.10. The molecule has 2 heteroatoms. The van der Waals surface area contributed by atoms with Gasteiger partial charge < -0.3 is 0 Å². The highest BCUT2D eigenvalue weighted by Gasteiger charge is 2.11. The first-order valence-electron chi connectivity index (χ1n) is 5.52. The SMILES string of the molecule is Cc1cc(C)c(F)c(-c2cc(F)ccc2C)c1. The molecule has 0 aromatic heterocycles. The Morgan fingerprint density at radius 2 is 1.47 bits per heavy atom. The maximum Gasteiger partial charge on any atom is 0.133 e. The standard InChI is InChI=1S/C15H14F2/c1-9-6-11(3)15(17)14(7-9)13-8-12(16)5-4-10(13)2/h4-8H,1-3H3. The Morgan fingerprint density at radius 1 is 0.765 bits per heavy atom. The van der Waals surface area contributed by atoms with Gasteiger partial charge in [-0.15, -0.1) is 0 Å². The maximum atomic E-state index is 14.1. The van der Waals surface area contributed by atoms with E-state index in [9.17, 15) is 8.78 Å². The molecular weight excluding hydrogens is 218 g/mol. The summed E-state index contributed by atoms with van der Waals surface area (Å²) in [4.78, 5) is 0. The summed E-state index contributed by atoms with van der Waals surface area (Å²) >= 11 is 0. The second kappa shape index (κ2) is 4.28. The molecule has 0 saturated carbocycles. The molecular formula is C15H14F2. The molecule has 2 aromatic carbocycles. The van der Waals surface area contributed by atoms with E-state index in [2.05, 4.69) is 0 Å². The third-order valence-electron chi connectivity index (χ3n) is 2.89. The van der Waals surface area contributed by atoms with Gasteiger partial charge in [0.2, 0.25) is 0 Å². The van der Waals surface area contributed by atoms with Crippen LogP contribution in [0, 0.1) is 32.4 Å². The predicted molar refractivity (Wildman–Crippen MR) is 66.0 cm³/mol. The van der Waals surface area contributed by atoms with Crippen molar-refractivity contribution in [2.75, 3.05) is 0 Å². The van der Waals surface area contributed by atoms with Gasteiger partial charge in [-0.1, -0.05) is 17.7 Å². The molecule has 17 heavy (non-hydrogen) atoms. The summed E-state index contributed by atoms with van der Waals surface area (Å²) < 4.78 is 27.3. The molecule has 0 heterocycles. The van der Waals surface area contributed by atoms with Gasteiger partial charge in [0.1, 0.15) is 11.6 Å². The van der Waals surface area contributed by atoms with Crippen LogP contribution in [0.1, 0.15) is 16.7 Å². The molecule has 0 aliphatic rings. The van der Waals surface area contributed by atoms with Crippen LogP contribution in [0.5, 0.6) is 0 Å². The molecule has 0 bridgehead atoms. The van der Waals surface area contributed by atoms with Crippen molar-refractivity contribution in [1.82, 2.24) is 0 Å². The van der Waals surface area contributed by atoms with E-state index >= 15 is 0 Å². The predicted octanol–water partition coefficient (Wildman–Crippen LogP) is 4.56. The summed E-state index contributed by atoms with van der Waals surface area (Å²) in [6.07, 6.45) is 0. The summed E-state index contributed by atoms with van der Waals surface area (Å²) in [6.45, 7) is 5.48. The lowest BCUT2D eigenvalue weighted by atomic mass is 9.96. The number of benzene rings is 2. The zero-order valence-corrected chi connectivity index (χ0v) is 10.1. The summed E-state index contributed by atoms with van der Waals surface area (Å²) in [5, 5.41) is 0. The van der Waals surface area contributed by atoms with E-state index in [4.69, 9.17) is 0 Å². The quantitative estimate of drug-likeness (QED) is 0.676. The smallest absolute Gasteiger partial charge is 0.133 e. The topological polar surface area (TPSA) is 0 Å². The monoisotopic (exact) mass is 232 g/mol. The van der Waals surface area contributed by atoms with Crippen molar-refractivity contribution >= 4 is 0 Å². The third-order valence-corrected chi connectivity index (χ3v) is 2.89. The molecule has 0 spiro atoms. The first-order valence-corrected chi connectivity index (χ1v) is 5.52. The third kappa shape index (κ3) is 2.21. The van der Waals surface area contributed by atoms with Crippen molar-refractivity contribution in [2.45, 2.75) is 20.8 Å². The molecule has 0 radical (unpaired) electrons. The fourth-order valence-corrected chi connectivity index (χ4v) is 2.03. The summed E-state index contributed by atoms with van der Waals surface area (Å²) in [5.74, 6) is -0.617. The van der Waals surface area contributed by atoms with Crippen LogP contribution < -0.4 is 0 Å². The highest BCUT2D eigenvalue weighted by atomic mass is 19.1. The number of aryl methyl sites for hydroxylation is 3. The highest BCUT2D eigenvalue weighted by Crippen LogP contribution is 2.29. The molecule has 0 unspecified atom stereocenters. The maximum absolute atomic E-state index is 14.1. The van der Waals surface area contributed by atoms with Crippen LogP contribution >= 0.6 is 0 Å². The molecule has 2 rings (SSSR count). The van der Waals surface area contributed by atoms with Gasteiger partial charge in [0.05, 0.1) is 0 Å². The van der Waals surface area contributed by atoms with E-state index in [1.54, 1.807) is 25.1 Å². The second-order valence-electron chi connectivity index (χ2n) is 4.40. The molecule has 0 atom stereocenters. The van der Waals surface area contributed by atoms with Gasteiger partial charge in [-0.3, -0.25) is 0 Å². The minimum Gasteiger partial charge on any atom is -0.207 e. The normalized spacial score (nSPS) is 10.6. The number of rotatable bonds is 1. The van der Waals surface area contributed by atoms with Crippen LogP contribution in [0.2, 0.25) is 0 Å². The van der Waals surface area contributed by atoms with Crippen molar-refractivity contribution in [3.8, 4) is 11.1 Å². The van der Waals surface area contributed by atoms with E-state index in [1.165, 1.54) is 12.1 Å². The van der Waals surface area contributed by atoms with E-state index < -0.39 is 0 Å². The Balaban J connectivity index is 2.72. The average Bonchev–Trinajstić information content (AvgIpc) is 2.27. The first-order chi connectivity index (χ1) is 7.99. The zero-order valence-electron chi connectivity index (χ0n) is 10.1. The number of hydrogen-bond acceptors (Lipinski definition) is 0. The summed E-state index contributed by atoms with van der Waals surface area (Å²) in [6, 6.07) is 7.98. The molecule has 0 aliphatic carbocycles. The van der Waals surface area contributed by atoms with Crippen LogP contribution in [-0.2, 0) is 0 Å². The van der Waals surface area contributed by atoms with Crippen molar-refractivity contribution in [3.63, 3.8) is 0 Å². The van der Waals surface area contributed by atoms with Gasteiger partial charge in [-0.05, 0) is 55.7 Å². The van der Waals surface area contributed by atoms with Crippen molar-refractivity contribution in [3.05, 3.63) is 58.7 Å². The van der Waals surface area contributed by atoms with E-state index in [-0.39, 0.29) is 11.6 Å². The largest absolute Gasteiger partial charge is 0.207 e. The van der Waals surface area contributed by atoms with E-state index in [1.807, 2.05) is 13.8 Å². The van der Waals surface area contributed by atoms with Gasteiger partial charge >= 0.3 is 0 Å². The Hall–Kier alpha value is -1.70. The van der Waals surface area contributed by atoms with Crippen LogP contribution in [0.4, 0.5) is 8.78 Å². The molecule has 0 nitrogen and oxygen atoms in total. The van der Waals surface area contributed by atoms with Gasteiger partial charge in [0, 0.05) is 5.56 Å². The minimum absolute atomic E-state index is 0.274. The van der Waals surface area contributed by atoms with Crippen molar-refractivity contribution in [2.24, 2.45) is 0 Å². The lowest BCUT2D eigenvalue weighted by Crippen LogP contribution is -1.93. The zero-order chi connectivity index (χ0) is 12.6. The van der Waals surface area contributed by atoms with Crippen LogP contribution in [0.3, 0.4) is 0 Å². The fraction of sp³-hybridized carbons (Fsp3) is 0.200. The van der Waals surface area contributed by atoms with Crippen molar-refractivity contribution in [1.29, 1.82) is 0 Å². The second-order valence-corrected chi connectivity index (χ2v) is 4.40. The van der Waals surface area contributed by atoms with Gasteiger partial charge in [-0.25, -0.2) is 8.78 Å². The van der Waals surface area contributed by atoms with Crippen LogP contribution in [-0.4, -0.2) is 0 Å². The van der Waals surface area contributed by atoms with Crippen LogP contribution in [0.15, 0.2) is 30.3 Å². The Labute approximate surface area is 99.9 Å². The number of hydrogen-bond donors (Lipinski definition) is 0. The fourth-order valence-electron chi connectivity index (χ4n) is 2.03. The van der Waals surface area contributed by atoms with E-state index in [0.717, 1.165) is 11.1 Å². The molecule has 88 valence electrons. The summed E-state index contributed by atoms with van der Waals surface area (Å²) in [5.41, 5.74) is 3.52. The van der Waals surface area contributed by atoms with Gasteiger partial charge in [-0.2, -0.15) is 0 Å².